The minimum Gasteiger partial charge on any atom is -0.548 e. The van der Waals surface area contributed by atoms with Gasteiger partial charge in [-0.3, -0.25) is 9.59 Å². The van der Waals surface area contributed by atoms with Gasteiger partial charge in [0.15, 0.2) is 0 Å². The summed E-state index contributed by atoms with van der Waals surface area (Å²) in [5.74, 6) is -0.962. The van der Waals surface area contributed by atoms with Crippen molar-refractivity contribution in [3.8, 4) is 0 Å². The molecule has 0 saturated heterocycles. The van der Waals surface area contributed by atoms with Gasteiger partial charge in [-0.05, 0) is 59.8 Å². The average Bonchev–Trinajstić information content (AvgIpc) is 2.34. The van der Waals surface area contributed by atoms with Crippen LogP contribution < -0.4 is 0 Å². The van der Waals surface area contributed by atoms with Crippen LogP contribution in [0.4, 0.5) is 0 Å². The number of esters is 2. The molecule has 0 amide bonds. The Bertz CT molecular complexity index is 470. The topological polar surface area (TPSA) is 61.8 Å². The highest BCUT2D eigenvalue weighted by molar-refractivity contribution is 6.70. The molecule has 0 aliphatic heterocycles. The highest BCUT2D eigenvalue weighted by Gasteiger charge is 2.40. The predicted molar refractivity (Wildman–Crippen MR) is 91.2 cm³/mol. The molecular weight excluding hydrogens is 312 g/mol. The summed E-state index contributed by atoms with van der Waals surface area (Å²) in [6.07, 6.45) is 2.76. The maximum absolute atomic E-state index is 12.5. The molecule has 0 aromatic carbocycles. The van der Waals surface area contributed by atoms with E-state index in [9.17, 15) is 9.59 Å². The largest absolute Gasteiger partial charge is 0.548 e. The number of hydrogen-bond acceptors (Lipinski definition) is 5. The normalized spacial score (nSPS) is 22.1. The van der Waals surface area contributed by atoms with Gasteiger partial charge in [-0.1, -0.05) is 0 Å². The highest BCUT2D eigenvalue weighted by Crippen LogP contribution is 2.34. The van der Waals surface area contributed by atoms with Crippen molar-refractivity contribution in [2.45, 2.75) is 65.8 Å². The fraction of sp³-hybridized carbons (Fsp3) is 0.765. The first-order valence-electron chi connectivity index (χ1n) is 8.20. The first-order chi connectivity index (χ1) is 10.4. The van der Waals surface area contributed by atoms with E-state index in [1.54, 1.807) is 6.92 Å². The standard InChI is InChI=1S/C17H30O5Si/c1-8-20-15(18)13-10-9-12(22-23(5,6)7)11-14(13)16(19)21-17(2,3)4/h9,13-14H,8,10-11H2,1-7H3/t13-,14-/m0/s1. The van der Waals surface area contributed by atoms with Crippen LogP contribution in [-0.4, -0.2) is 32.5 Å². The monoisotopic (exact) mass is 342 g/mol. The quantitative estimate of drug-likeness (QED) is 0.564. The highest BCUT2D eigenvalue weighted by atomic mass is 28.4. The lowest BCUT2D eigenvalue weighted by Crippen LogP contribution is -2.39. The van der Waals surface area contributed by atoms with Crippen LogP contribution in [0.2, 0.25) is 19.6 Å². The molecule has 132 valence electrons. The van der Waals surface area contributed by atoms with E-state index in [-0.39, 0.29) is 11.9 Å². The molecule has 6 heteroatoms. The molecule has 0 fully saturated rings. The molecule has 0 N–H and O–H groups in total. The zero-order valence-corrected chi connectivity index (χ0v) is 16.4. The molecule has 1 aliphatic carbocycles. The second kappa shape index (κ2) is 7.51. The zero-order valence-electron chi connectivity index (χ0n) is 15.4. The van der Waals surface area contributed by atoms with Gasteiger partial charge in [0.05, 0.1) is 24.2 Å². The maximum Gasteiger partial charge on any atom is 0.310 e. The fourth-order valence-electron chi connectivity index (χ4n) is 2.48. The molecule has 0 aromatic rings. The van der Waals surface area contributed by atoms with Gasteiger partial charge in [0.2, 0.25) is 8.32 Å². The second-order valence-electron chi connectivity index (χ2n) is 7.82. The van der Waals surface area contributed by atoms with Gasteiger partial charge < -0.3 is 13.9 Å². The molecule has 0 bridgehead atoms. The Morgan fingerprint density at radius 1 is 1.17 bits per heavy atom. The molecule has 0 radical (unpaired) electrons. The molecule has 5 nitrogen and oxygen atoms in total. The van der Waals surface area contributed by atoms with Crippen molar-refractivity contribution >= 4 is 20.3 Å². The van der Waals surface area contributed by atoms with Crippen LogP contribution in [0.5, 0.6) is 0 Å². The first kappa shape index (κ1) is 19.7. The second-order valence-corrected chi connectivity index (χ2v) is 12.3. The fourth-order valence-corrected chi connectivity index (χ4v) is 3.43. The number of hydrogen-bond donors (Lipinski definition) is 0. The van der Waals surface area contributed by atoms with Gasteiger partial charge in [-0.2, -0.15) is 0 Å². The third kappa shape index (κ3) is 6.77. The van der Waals surface area contributed by atoms with Crippen molar-refractivity contribution in [2.24, 2.45) is 11.8 Å². The molecule has 1 aliphatic rings. The van der Waals surface area contributed by atoms with Crippen molar-refractivity contribution < 1.29 is 23.5 Å². The molecule has 2 atom stereocenters. The summed E-state index contributed by atoms with van der Waals surface area (Å²) in [7, 11) is -1.76. The van der Waals surface area contributed by atoms with E-state index in [1.807, 2.05) is 26.8 Å². The lowest BCUT2D eigenvalue weighted by atomic mass is 9.82. The van der Waals surface area contributed by atoms with E-state index in [1.165, 1.54) is 0 Å². The number of carbonyl (C=O) groups excluding carboxylic acids is 2. The van der Waals surface area contributed by atoms with E-state index in [2.05, 4.69) is 19.6 Å². The summed E-state index contributed by atoms with van der Waals surface area (Å²) in [6.45, 7) is 13.8. The Hall–Kier alpha value is -1.30. The Balaban J connectivity index is 2.95. The van der Waals surface area contributed by atoms with Crippen molar-refractivity contribution in [3.05, 3.63) is 11.8 Å². The van der Waals surface area contributed by atoms with Crippen LogP contribution in [0.1, 0.15) is 40.5 Å². The van der Waals surface area contributed by atoms with E-state index in [0.717, 1.165) is 5.76 Å². The van der Waals surface area contributed by atoms with Crippen LogP contribution in [0, 0.1) is 11.8 Å². The molecule has 0 spiro atoms. The Labute approximate surface area is 140 Å². The summed E-state index contributed by atoms with van der Waals surface area (Å²) in [6, 6.07) is 0. The number of allylic oxidation sites excluding steroid dienone is 2. The van der Waals surface area contributed by atoms with Gasteiger partial charge >= 0.3 is 11.9 Å². The van der Waals surface area contributed by atoms with E-state index >= 15 is 0 Å². The van der Waals surface area contributed by atoms with Crippen LogP contribution in [0.15, 0.2) is 11.8 Å². The van der Waals surface area contributed by atoms with E-state index in [4.69, 9.17) is 13.9 Å². The van der Waals surface area contributed by atoms with Crippen molar-refractivity contribution in [1.29, 1.82) is 0 Å². The van der Waals surface area contributed by atoms with Crippen LogP contribution in [-0.2, 0) is 23.5 Å². The summed E-state index contributed by atoms with van der Waals surface area (Å²) in [5, 5.41) is 0. The first-order valence-corrected chi connectivity index (χ1v) is 11.6. The summed E-state index contributed by atoms with van der Waals surface area (Å²) >= 11 is 0. The molecule has 0 aromatic heterocycles. The summed E-state index contributed by atoms with van der Waals surface area (Å²) < 4.78 is 16.6. The van der Waals surface area contributed by atoms with Gasteiger partial charge in [-0.25, -0.2) is 0 Å². The van der Waals surface area contributed by atoms with Crippen molar-refractivity contribution in [1.82, 2.24) is 0 Å². The Morgan fingerprint density at radius 3 is 2.26 bits per heavy atom. The molecule has 0 heterocycles. The van der Waals surface area contributed by atoms with Crippen molar-refractivity contribution in [2.75, 3.05) is 6.61 Å². The lowest BCUT2D eigenvalue weighted by Gasteiger charge is -2.33. The third-order valence-electron chi connectivity index (χ3n) is 3.24. The number of ether oxygens (including phenoxy) is 2. The zero-order chi connectivity index (χ0) is 17.8. The van der Waals surface area contributed by atoms with Crippen LogP contribution >= 0.6 is 0 Å². The van der Waals surface area contributed by atoms with Gasteiger partial charge in [0.1, 0.15) is 5.60 Å². The number of carbonyl (C=O) groups is 2. The SMILES string of the molecule is CCOC(=O)[C@H]1CC=C(O[Si](C)(C)C)C[C@@H]1C(=O)OC(C)(C)C. The third-order valence-corrected chi connectivity index (χ3v) is 4.12. The average molecular weight is 343 g/mol. The van der Waals surface area contributed by atoms with Gasteiger partial charge in [0.25, 0.3) is 0 Å². The van der Waals surface area contributed by atoms with Crippen molar-refractivity contribution in [3.63, 3.8) is 0 Å². The number of rotatable bonds is 5. The smallest absolute Gasteiger partial charge is 0.310 e. The Kier molecular flexibility index (Phi) is 6.45. The molecule has 0 saturated carbocycles. The van der Waals surface area contributed by atoms with E-state index in [0.29, 0.717) is 19.4 Å². The molecular formula is C17H30O5Si. The van der Waals surface area contributed by atoms with Crippen LogP contribution in [0.3, 0.4) is 0 Å². The van der Waals surface area contributed by atoms with E-state index < -0.39 is 25.8 Å². The minimum atomic E-state index is -1.76. The lowest BCUT2D eigenvalue weighted by molar-refractivity contribution is -0.168. The predicted octanol–water partition coefficient (Wildman–Crippen LogP) is 3.65. The van der Waals surface area contributed by atoms with Gasteiger partial charge in [0, 0.05) is 6.42 Å². The molecule has 23 heavy (non-hydrogen) atoms. The summed E-state index contributed by atoms with van der Waals surface area (Å²) in [4.78, 5) is 24.7. The minimum absolute atomic E-state index is 0.304. The van der Waals surface area contributed by atoms with Gasteiger partial charge in [-0.15, -0.1) is 0 Å². The van der Waals surface area contributed by atoms with Crippen LogP contribution in [0.25, 0.3) is 0 Å². The maximum atomic E-state index is 12.5. The molecule has 1 rings (SSSR count). The summed E-state index contributed by atoms with van der Waals surface area (Å²) in [5.41, 5.74) is -0.586. The molecule has 0 unspecified atom stereocenters. The Morgan fingerprint density at radius 2 is 1.78 bits per heavy atom.